The van der Waals surface area contributed by atoms with Gasteiger partial charge in [-0.2, -0.15) is 15.0 Å². The zero-order valence-electron chi connectivity index (χ0n) is 18.0. The summed E-state index contributed by atoms with van der Waals surface area (Å²) in [5, 5.41) is 5.96. The van der Waals surface area contributed by atoms with Crippen LogP contribution in [-0.2, 0) is 0 Å². The molecule has 4 rings (SSSR count). The number of piperazine rings is 1. The number of likely N-dealkylation sites (N-methyl/N-ethyl adjacent to an activating group) is 1. The molecule has 0 unspecified atom stereocenters. The molecule has 0 atom stereocenters. The molecule has 1 aliphatic rings. The molecule has 1 aromatic carbocycles. The number of hydrogen-bond donors (Lipinski definition) is 2. The van der Waals surface area contributed by atoms with Crippen LogP contribution in [0.15, 0.2) is 48.7 Å². The van der Waals surface area contributed by atoms with Gasteiger partial charge in [0.1, 0.15) is 5.82 Å². The second-order valence-corrected chi connectivity index (χ2v) is 7.32. The van der Waals surface area contributed by atoms with E-state index in [1.165, 1.54) is 0 Å². The maximum absolute atomic E-state index is 12.6. The molecule has 3 aromatic rings. The van der Waals surface area contributed by atoms with Crippen LogP contribution in [0.25, 0.3) is 0 Å². The molecule has 32 heavy (non-hydrogen) atoms. The van der Waals surface area contributed by atoms with Crippen molar-refractivity contribution in [1.29, 1.82) is 0 Å². The number of benzene rings is 1. The van der Waals surface area contributed by atoms with Crippen LogP contribution in [0.3, 0.4) is 0 Å². The van der Waals surface area contributed by atoms with E-state index in [0.29, 0.717) is 29.1 Å². The van der Waals surface area contributed by atoms with Gasteiger partial charge in [-0.25, -0.2) is 4.98 Å². The summed E-state index contributed by atoms with van der Waals surface area (Å²) in [6.07, 6.45) is 1.57. The second kappa shape index (κ2) is 9.85. The minimum atomic E-state index is -0.229. The quantitative estimate of drug-likeness (QED) is 0.598. The van der Waals surface area contributed by atoms with Gasteiger partial charge < -0.3 is 20.4 Å². The van der Waals surface area contributed by atoms with Crippen LogP contribution in [0.1, 0.15) is 23.1 Å². The third kappa shape index (κ3) is 5.36. The minimum Gasteiger partial charge on any atom is -0.338 e. The van der Waals surface area contributed by atoms with E-state index < -0.39 is 0 Å². The van der Waals surface area contributed by atoms with E-state index in [4.69, 9.17) is 0 Å². The van der Waals surface area contributed by atoms with Crippen molar-refractivity contribution in [3.8, 4) is 11.8 Å². The molecule has 2 N–H and O–H groups in total. The van der Waals surface area contributed by atoms with Gasteiger partial charge in [0.15, 0.2) is 0 Å². The number of pyridine rings is 1. The Kier molecular flexibility index (Phi) is 6.53. The summed E-state index contributed by atoms with van der Waals surface area (Å²) in [5.41, 5.74) is 1.19. The molecule has 3 heterocycles. The lowest BCUT2D eigenvalue weighted by Gasteiger charge is -2.32. The number of carbonyl (C=O) groups is 1. The fourth-order valence-corrected chi connectivity index (χ4v) is 3.22. The van der Waals surface area contributed by atoms with Crippen molar-refractivity contribution in [2.75, 3.05) is 48.8 Å². The van der Waals surface area contributed by atoms with Gasteiger partial charge in [0.05, 0.1) is 0 Å². The predicted molar refractivity (Wildman–Crippen MR) is 124 cm³/mol. The standard InChI is InChI=1S/C23H24N8O/c1-3-7-19-26-22(29-23(28-19)31-14-12-30(2)13-15-31)27-20-16-17(10-11-24-20)21(32)25-18-8-5-4-6-9-18/h4-6,8-11,16H,12-15H2,1-2H3,(H,25,32)(H,24,26,27,28,29). The second-order valence-electron chi connectivity index (χ2n) is 7.32. The van der Waals surface area contributed by atoms with Crippen molar-refractivity contribution < 1.29 is 4.79 Å². The van der Waals surface area contributed by atoms with Gasteiger partial charge in [-0.15, -0.1) is 0 Å². The Morgan fingerprint density at radius 1 is 1.03 bits per heavy atom. The normalized spacial score (nSPS) is 13.8. The summed E-state index contributed by atoms with van der Waals surface area (Å²) in [4.78, 5) is 34.7. The number of nitrogens with zero attached hydrogens (tertiary/aromatic N) is 6. The molecule has 1 saturated heterocycles. The Morgan fingerprint density at radius 3 is 2.56 bits per heavy atom. The molecular weight excluding hydrogens is 404 g/mol. The Balaban J connectivity index is 1.54. The first-order valence-corrected chi connectivity index (χ1v) is 10.3. The number of amides is 1. The van der Waals surface area contributed by atoms with Crippen LogP contribution in [0.4, 0.5) is 23.4 Å². The molecule has 1 amide bonds. The highest BCUT2D eigenvalue weighted by Gasteiger charge is 2.18. The Morgan fingerprint density at radius 2 is 1.81 bits per heavy atom. The van der Waals surface area contributed by atoms with Crippen LogP contribution in [0, 0.1) is 11.8 Å². The molecule has 0 aliphatic carbocycles. The molecule has 0 radical (unpaired) electrons. The lowest BCUT2D eigenvalue weighted by atomic mass is 10.2. The van der Waals surface area contributed by atoms with Gasteiger partial charge >= 0.3 is 0 Å². The number of aromatic nitrogens is 4. The molecule has 0 saturated carbocycles. The number of para-hydroxylation sites is 1. The third-order valence-electron chi connectivity index (χ3n) is 4.94. The highest BCUT2D eigenvalue weighted by Crippen LogP contribution is 2.17. The molecule has 162 valence electrons. The van der Waals surface area contributed by atoms with E-state index in [1.807, 2.05) is 30.3 Å². The van der Waals surface area contributed by atoms with Crippen LogP contribution in [-0.4, -0.2) is 64.0 Å². The summed E-state index contributed by atoms with van der Waals surface area (Å²) in [5.74, 6) is 7.26. The fourth-order valence-electron chi connectivity index (χ4n) is 3.22. The van der Waals surface area contributed by atoms with Crippen molar-refractivity contribution in [2.24, 2.45) is 0 Å². The molecule has 2 aromatic heterocycles. The Labute approximate surface area is 186 Å². The molecular formula is C23H24N8O. The number of carbonyl (C=O) groups excluding carboxylic acids is 1. The lowest BCUT2D eigenvalue weighted by molar-refractivity contribution is 0.102. The first kappa shape index (κ1) is 21.2. The number of rotatable bonds is 5. The first-order chi connectivity index (χ1) is 15.6. The van der Waals surface area contributed by atoms with E-state index in [2.05, 4.69) is 59.3 Å². The largest absolute Gasteiger partial charge is 0.338 e. The van der Waals surface area contributed by atoms with Gasteiger partial charge in [0, 0.05) is 43.6 Å². The first-order valence-electron chi connectivity index (χ1n) is 10.3. The summed E-state index contributed by atoms with van der Waals surface area (Å²) in [6.45, 7) is 5.26. The Bertz CT molecular complexity index is 1150. The van der Waals surface area contributed by atoms with E-state index >= 15 is 0 Å². The lowest BCUT2D eigenvalue weighted by Crippen LogP contribution is -2.45. The maximum Gasteiger partial charge on any atom is 0.255 e. The van der Waals surface area contributed by atoms with Crippen LogP contribution in [0.2, 0.25) is 0 Å². The maximum atomic E-state index is 12.6. The zero-order valence-corrected chi connectivity index (χ0v) is 18.0. The number of anilines is 4. The van der Waals surface area contributed by atoms with Crippen molar-refractivity contribution in [3.05, 3.63) is 60.0 Å². The average molecular weight is 429 g/mol. The van der Waals surface area contributed by atoms with Gasteiger partial charge in [0.25, 0.3) is 5.91 Å². The average Bonchev–Trinajstić information content (AvgIpc) is 2.80. The summed E-state index contributed by atoms with van der Waals surface area (Å²) >= 11 is 0. The molecule has 0 bridgehead atoms. The topological polar surface area (TPSA) is 99.2 Å². The van der Waals surface area contributed by atoms with Crippen molar-refractivity contribution in [1.82, 2.24) is 24.8 Å². The monoisotopic (exact) mass is 428 g/mol. The Hall–Kier alpha value is -4.03. The highest BCUT2D eigenvalue weighted by atomic mass is 16.1. The van der Waals surface area contributed by atoms with E-state index in [0.717, 1.165) is 31.9 Å². The highest BCUT2D eigenvalue weighted by molar-refractivity contribution is 6.04. The van der Waals surface area contributed by atoms with E-state index in [9.17, 15) is 4.79 Å². The van der Waals surface area contributed by atoms with Gasteiger partial charge in [0.2, 0.25) is 17.7 Å². The van der Waals surface area contributed by atoms with E-state index in [-0.39, 0.29) is 5.91 Å². The molecule has 1 aliphatic heterocycles. The van der Waals surface area contributed by atoms with Crippen molar-refractivity contribution in [3.63, 3.8) is 0 Å². The van der Waals surface area contributed by atoms with Gasteiger partial charge in [-0.05, 0) is 44.2 Å². The van der Waals surface area contributed by atoms with Gasteiger partial charge in [-0.1, -0.05) is 24.1 Å². The summed E-state index contributed by atoms with van der Waals surface area (Å²) in [7, 11) is 2.10. The van der Waals surface area contributed by atoms with Crippen LogP contribution >= 0.6 is 0 Å². The van der Waals surface area contributed by atoms with Crippen molar-refractivity contribution >= 4 is 29.3 Å². The smallest absolute Gasteiger partial charge is 0.255 e. The summed E-state index contributed by atoms with van der Waals surface area (Å²) in [6, 6.07) is 12.6. The van der Waals surface area contributed by atoms with Crippen LogP contribution in [0.5, 0.6) is 0 Å². The van der Waals surface area contributed by atoms with Gasteiger partial charge in [-0.3, -0.25) is 4.79 Å². The summed E-state index contributed by atoms with van der Waals surface area (Å²) < 4.78 is 0. The van der Waals surface area contributed by atoms with E-state index in [1.54, 1.807) is 25.3 Å². The molecule has 1 fully saturated rings. The predicted octanol–water partition coefficient (Wildman–Crippen LogP) is 2.39. The number of nitrogens with one attached hydrogen (secondary N) is 2. The SMILES string of the molecule is CC#Cc1nc(Nc2cc(C(=O)Nc3ccccc3)ccn2)nc(N2CCN(C)CC2)n1. The van der Waals surface area contributed by atoms with Crippen LogP contribution < -0.4 is 15.5 Å². The molecule has 0 spiro atoms. The molecule has 9 nitrogen and oxygen atoms in total. The third-order valence-corrected chi connectivity index (χ3v) is 4.94. The minimum absolute atomic E-state index is 0.229. The number of hydrogen-bond acceptors (Lipinski definition) is 8. The molecule has 9 heteroatoms. The fraction of sp³-hybridized carbons (Fsp3) is 0.261. The van der Waals surface area contributed by atoms with Crippen molar-refractivity contribution in [2.45, 2.75) is 6.92 Å². The zero-order chi connectivity index (χ0) is 22.3.